The number of likely N-dealkylation sites (tertiary alicyclic amines) is 1. The third kappa shape index (κ3) is 2.62. The molecule has 0 saturated carbocycles. The number of nitrogens with two attached hydrogens (primary N) is 1. The van der Waals surface area contributed by atoms with E-state index in [2.05, 4.69) is 41.1 Å². The molecule has 3 rings (SSSR count). The molecule has 0 amide bonds. The fourth-order valence-corrected chi connectivity index (χ4v) is 3.83. The Bertz CT molecular complexity index is 422. The predicted molar refractivity (Wildman–Crippen MR) is 83.9 cm³/mol. The quantitative estimate of drug-likeness (QED) is 0.886. The smallest absolute Gasteiger partial charge is 0.0356 e. The van der Waals surface area contributed by atoms with Gasteiger partial charge in [0.2, 0.25) is 0 Å². The number of hydrogen-bond acceptors (Lipinski definition) is 3. The molecule has 0 aliphatic carbocycles. The zero-order valence-electron chi connectivity index (χ0n) is 12.6. The highest BCUT2D eigenvalue weighted by Crippen LogP contribution is 2.30. The lowest BCUT2D eigenvalue weighted by Gasteiger charge is -2.47. The van der Waals surface area contributed by atoms with Crippen LogP contribution in [0.1, 0.15) is 24.0 Å². The molecule has 0 aromatic heterocycles. The van der Waals surface area contributed by atoms with Crippen LogP contribution in [0.2, 0.25) is 0 Å². The fraction of sp³-hybridized carbons (Fsp3) is 0.647. The first-order valence-corrected chi connectivity index (χ1v) is 7.94. The highest BCUT2D eigenvalue weighted by Gasteiger charge is 2.38. The zero-order chi connectivity index (χ0) is 14.0. The molecule has 1 aromatic rings. The first kappa shape index (κ1) is 14.1. The van der Waals surface area contributed by atoms with Gasteiger partial charge in [0.15, 0.2) is 0 Å². The Morgan fingerprint density at radius 1 is 1.00 bits per heavy atom. The third-order valence-corrected chi connectivity index (χ3v) is 5.39. The Hall–Kier alpha value is -0.900. The minimum absolute atomic E-state index is 0.245. The number of benzene rings is 1. The largest absolute Gasteiger partial charge is 0.329 e. The first-order chi connectivity index (χ1) is 9.73. The minimum Gasteiger partial charge on any atom is -0.329 e. The molecular formula is C17H27N3. The van der Waals surface area contributed by atoms with Crippen molar-refractivity contribution >= 4 is 0 Å². The Morgan fingerprint density at radius 3 is 2.05 bits per heavy atom. The van der Waals surface area contributed by atoms with E-state index < -0.39 is 0 Å². The van der Waals surface area contributed by atoms with Gasteiger partial charge in [0, 0.05) is 25.2 Å². The first-order valence-electron chi connectivity index (χ1n) is 7.94. The van der Waals surface area contributed by atoms with Crippen LogP contribution >= 0.6 is 0 Å². The zero-order valence-corrected chi connectivity index (χ0v) is 12.6. The maximum atomic E-state index is 6.21. The lowest BCUT2D eigenvalue weighted by Crippen LogP contribution is -2.59. The van der Waals surface area contributed by atoms with E-state index in [1.54, 1.807) is 0 Å². The summed E-state index contributed by atoms with van der Waals surface area (Å²) in [7, 11) is 2.22. The molecule has 1 aromatic carbocycles. The van der Waals surface area contributed by atoms with Crippen LogP contribution in [0, 0.1) is 0 Å². The lowest BCUT2D eigenvalue weighted by atomic mass is 9.85. The van der Waals surface area contributed by atoms with E-state index >= 15 is 0 Å². The topological polar surface area (TPSA) is 32.5 Å². The molecular weight excluding hydrogens is 246 g/mol. The van der Waals surface area contributed by atoms with E-state index in [-0.39, 0.29) is 5.54 Å². The van der Waals surface area contributed by atoms with Crippen molar-refractivity contribution in [3.63, 3.8) is 0 Å². The van der Waals surface area contributed by atoms with Crippen molar-refractivity contribution in [3.05, 3.63) is 35.4 Å². The molecule has 0 spiro atoms. The number of piperidine rings is 1. The van der Waals surface area contributed by atoms with E-state index in [1.165, 1.54) is 49.9 Å². The summed E-state index contributed by atoms with van der Waals surface area (Å²) < 4.78 is 0. The second-order valence-corrected chi connectivity index (χ2v) is 6.49. The van der Waals surface area contributed by atoms with Gasteiger partial charge in [-0.1, -0.05) is 24.3 Å². The normalized spacial score (nSPS) is 24.1. The van der Waals surface area contributed by atoms with Gasteiger partial charge in [-0.15, -0.1) is 0 Å². The van der Waals surface area contributed by atoms with Gasteiger partial charge < -0.3 is 10.6 Å². The Balaban J connectivity index is 1.75. The number of fused-ring (bicyclic) bond motifs is 1. The van der Waals surface area contributed by atoms with Crippen molar-refractivity contribution in [1.29, 1.82) is 0 Å². The summed E-state index contributed by atoms with van der Waals surface area (Å²) in [5, 5.41) is 0. The highest BCUT2D eigenvalue weighted by molar-refractivity contribution is 5.29. The van der Waals surface area contributed by atoms with Crippen LogP contribution < -0.4 is 5.73 Å². The summed E-state index contributed by atoms with van der Waals surface area (Å²) in [6, 6.07) is 8.93. The van der Waals surface area contributed by atoms with Crippen LogP contribution in [-0.2, 0) is 12.8 Å². The average molecular weight is 273 g/mol. The Kier molecular flexibility index (Phi) is 4.11. The molecule has 3 nitrogen and oxygen atoms in total. The van der Waals surface area contributed by atoms with Crippen molar-refractivity contribution < 1.29 is 0 Å². The van der Waals surface area contributed by atoms with Crippen LogP contribution in [0.4, 0.5) is 0 Å². The van der Waals surface area contributed by atoms with Crippen molar-refractivity contribution in [3.8, 4) is 0 Å². The molecule has 0 radical (unpaired) electrons. The summed E-state index contributed by atoms with van der Waals surface area (Å²) in [5.74, 6) is 0. The van der Waals surface area contributed by atoms with Gasteiger partial charge in [-0.3, -0.25) is 4.90 Å². The number of nitrogens with zero attached hydrogens (tertiary/aromatic N) is 2. The second kappa shape index (κ2) is 5.84. The van der Waals surface area contributed by atoms with E-state index in [4.69, 9.17) is 5.73 Å². The van der Waals surface area contributed by atoms with Crippen molar-refractivity contribution in [2.75, 3.05) is 39.8 Å². The molecule has 2 heterocycles. The van der Waals surface area contributed by atoms with E-state index in [0.717, 1.165) is 19.6 Å². The fourth-order valence-electron chi connectivity index (χ4n) is 3.83. The number of hydrogen-bond donors (Lipinski definition) is 1. The van der Waals surface area contributed by atoms with Gasteiger partial charge in [-0.25, -0.2) is 0 Å². The van der Waals surface area contributed by atoms with Crippen LogP contribution in [0.5, 0.6) is 0 Å². The third-order valence-electron chi connectivity index (χ3n) is 5.39. The highest BCUT2D eigenvalue weighted by atomic mass is 15.2. The predicted octanol–water partition coefficient (Wildman–Crippen LogP) is 1.51. The van der Waals surface area contributed by atoms with Gasteiger partial charge >= 0.3 is 0 Å². The van der Waals surface area contributed by atoms with Crippen LogP contribution in [0.3, 0.4) is 0 Å². The SMILES string of the molecule is CN1CCC(CN)(N2CCc3ccccc3CC2)CC1. The molecule has 2 N–H and O–H groups in total. The molecule has 3 heteroatoms. The maximum absolute atomic E-state index is 6.21. The molecule has 1 fully saturated rings. The summed E-state index contributed by atoms with van der Waals surface area (Å²) in [4.78, 5) is 5.13. The monoisotopic (exact) mass is 273 g/mol. The van der Waals surface area contributed by atoms with Gasteiger partial charge in [0.25, 0.3) is 0 Å². The van der Waals surface area contributed by atoms with Crippen molar-refractivity contribution in [1.82, 2.24) is 9.80 Å². The van der Waals surface area contributed by atoms with E-state index in [0.29, 0.717) is 0 Å². The van der Waals surface area contributed by atoms with Gasteiger partial charge in [0.05, 0.1) is 0 Å². The van der Waals surface area contributed by atoms with Crippen LogP contribution in [0.25, 0.3) is 0 Å². The molecule has 0 unspecified atom stereocenters. The summed E-state index contributed by atoms with van der Waals surface area (Å²) in [6.45, 7) is 5.49. The van der Waals surface area contributed by atoms with E-state index in [9.17, 15) is 0 Å². The molecule has 110 valence electrons. The lowest BCUT2D eigenvalue weighted by molar-refractivity contribution is 0.0369. The van der Waals surface area contributed by atoms with Gasteiger partial charge in [-0.05, 0) is 56.9 Å². The van der Waals surface area contributed by atoms with Gasteiger partial charge in [-0.2, -0.15) is 0 Å². The van der Waals surface area contributed by atoms with E-state index in [1.807, 2.05) is 0 Å². The molecule has 2 aliphatic rings. The Labute approximate surface area is 122 Å². The van der Waals surface area contributed by atoms with Crippen LogP contribution in [-0.4, -0.2) is 55.1 Å². The van der Waals surface area contributed by atoms with Crippen LogP contribution in [0.15, 0.2) is 24.3 Å². The molecule has 1 saturated heterocycles. The minimum atomic E-state index is 0.245. The van der Waals surface area contributed by atoms with Gasteiger partial charge in [0.1, 0.15) is 0 Å². The molecule has 0 bridgehead atoms. The average Bonchev–Trinajstić information content (AvgIpc) is 2.72. The number of rotatable bonds is 2. The van der Waals surface area contributed by atoms with Crippen molar-refractivity contribution in [2.45, 2.75) is 31.2 Å². The molecule has 2 aliphatic heterocycles. The summed E-state index contributed by atoms with van der Waals surface area (Å²) >= 11 is 0. The molecule has 20 heavy (non-hydrogen) atoms. The molecule has 0 atom stereocenters. The maximum Gasteiger partial charge on any atom is 0.0356 e. The summed E-state index contributed by atoms with van der Waals surface area (Å²) in [5.41, 5.74) is 9.53. The summed E-state index contributed by atoms with van der Waals surface area (Å²) in [6.07, 6.45) is 4.79. The second-order valence-electron chi connectivity index (χ2n) is 6.49. The standard InChI is InChI=1S/C17H27N3/c1-19-12-8-17(14-18,9-13-19)20-10-6-15-4-2-3-5-16(15)7-11-20/h2-5H,6-14,18H2,1H3. The Morgan fingerprint density at radius 2 is 1.55 bits per heavy atom. The van der Waals surface area contributed by atoms with Crippen molar-refractivity contribution in [2.24, 2.45) is 5.73 Å².